The maximum Gasteiger partial charge on any atom is 0.305 e. The van der Waals surface area contributed by atoms with E-state index in [1.807, 2.05) is 0 Å². The average Bonchev–Trinajstić information content (AvgIpc) is 3.68. The molecule has 6 N–H and O–H groups in total. The average molecular weight is 652 g/mol. The number of aromatic nitrogens is 4. The standard InChI is InChI=1S/C36H53N5O6/c1-18(23-6-7-24-21-14-29(44)26-13-20(42)9-11-36(26,4)25(21)10-12-35(23,24)3)5-8-30(45)47-16-22-19(2)27(15-28(22)43)41-17-38-31-32(41)39-34(37)40-33(31)46/h17-18,20-29,42-44H,2,5-16H2,1,3-4H3,(H3,37,39,40,46)/t18-,20-,21?,22+,23-,24?,25?,26+,27+,28+,29+,35-,36-/m1/s1. The van der Waals surface area contributed by atoms with Crippen molar-refractivity contribution < 1.29 is 24.9 Å². The Balaban J connectivity index is 0.940. The van der Waals surface area contributed by atoms with Crippen molar-refractivity contribution in [2.24, 2.45) is 52.3 Å². The Morgan fingerprint density at radius 2 is 1.83 bits per heavy atom. The van der Waals surface area contributed by atoms with E-state index in [-0.39, 0.29) is 59.0 Å². The number of anilines is 1. The van der Waals surface area contributed by atoms with Gasteiger partial charge in [-0.25, -0.2) is 4.98 Å². The molecule has 2 aromatic heterocycles. The van der Waals surface area contributed by atoms with Gasteiger partial charge in [-0.15, -0.1) is 0 Å². The van der Waals surface area contributed by atoms with Gasteiger partial charge in [-0.3, -0.25) is 14.6 Å². The number of fused-ring (bicyclic) bond motifs is 6. The number of nitrogens with zero attached hydrogens (tertiary/aromatic N) is 3. The zero-order valence-electron chi connectivity index (χ0n) is 28.1. The highest BCUT2D eigenvalue weighted by Gasteiger charge is 2.62. The number of aliphatic hydroxyl groups is 3. The Morgan fingerprint density at radius 1 is 1.09 bits per heavy atom. The lowest BCUT2D eigenvalue weighted by Gasteiger charge is -2.62. The monoisotopic (exact) mass is 651 g/mol. The maximum absolute atomic E-state index is 13.0. The molecule has 258 valence electrons. The number of aromatic amines is 1. The SMILES string of the molecule is C=C1[C@H](COC(=O)CC[C@@H](C)[C@H]2CCC3C4C[C@H](O)[C@@H]5C[C@H](O)CC[C@]5(C)C4CC[C@@]32C)[C@@H](O)C[C@@H]1n1cnc2c(=O)[nH]c(N)nc21. The Hall–Kier alpha value is -2.76. The summed E-state index contributed by atoms with van der Waals surface area (Å²) < 4.78 is 7.45. The molecule has 5 saturated carbocycles. The van der Waals surface area contributed by atoms with Gasteiger partial charge in [0.1, 0.15) is 6.61 Å². The minimum Gasteiger partial charge on any atom is -0.465 e. The van der Waals surface area contributed by atoms with Gasteiger partial charge in [0.15, 0.2) is 11.2 Å². The van der Waals surface area contributed by atoms with Crippen molar-refractivity contribution >= 4 is 23.1 Å². The van der Waals surface area contributed by atoms with Crippen LogP contribution in [0.5, 0.6) is 0 Å². The van der Waals surface area contributed by atoms with Crippen LogP contribution in [0.4, 0.5) is 5.95 Å². The second kappa shape index (κ2) is 12.0. The van der Waals surface area contributed by atoms with Crippen LogP contribution < -0.4 is 11.3 Å². The molecule has 0 saturated heterocycles. The Morgan fingerprint density at radius 3 is 2.62 bits per heavy atom. The lowest BCUT2D eigenvalue weighted by Crippen LogP contribution is -2.58. The summed E-state index contributed by atoms with van der Waals surface area (Å²) in [7, 11) is 0. The number of hydrogen-bond donors (Lipinski definition) is 5. The predicted molar refractivity (Wildman–Crippen MR) is 177 cm³/mol. The molecule has 0 radical (unpaired) electrons. The summed E-state index contributed by atoms with van der Waals surface area (Å²) >= 11 is 0. The van der Waals surface area contributed by atoms with Crippen LogP contribution in [0.1, 0.15) is 97.4 Å². The van der Waals surface area contributed by atoms with Gasteiger partial charge >= 0.3 is 5.97 Å². The van der Waals surface area contributed by atoms with E-state index in [0.29, 0.717) is 53.7 Å². The Bertz CT molecular complexity index is 1590. The molecule has 5 aliphatic carbocycles. The van der Waals surface area contributed by atoms with Crippen molar-refractivity contribution in [2.45, 2.75) is 116 Å². The van der Waals surface area contributed by atoms with E-state index < -0.39 is 17.6 Å². The fraction of sp³-hybridized carbons (Fsp3) is 0.778. The smallest absolute Gasteiger partial charge is 0.305 e. The molecule has 11 nitrogen and oxygen atoms in total. The summed E-state index contributed by atoms with van der Waals surface area (Å²) in [5, 5.41) is 32.6. The normalized spacial score (nSPS) is 42.1. The number of ether oxygens (including phenoxy) is 1. The topological polar surface area (TPSA) is 177 Å². The molecule has 5 fully saturated rings. The first-order chi connectivity index (χ1) is 22.3. The van der Waals surface area contributed by atoms with Crippen molar-refractivity contribution in [3.63, 3.8) is 0 Å². The van der Waals surface area contributed by atoms with E-state index >= 15 is 0 Å². The number of H-pyrrole nitrogens is 1. The predicted octanol–water partition coefficient (Wildman–Crippen LogP) is 4.13. The van der Waals surface area contributed by atoms with Gasteiger partial charge in [0.25, 0.3) is 5.56 Å². The van der Waals surface area contributed by atoms with Gasteiger partial charge < -0.3 is 30.4 Å². The quantitative estimate of drug-likeness (QED) is 0.218. The summed E-state index contributed by atoms with van der Waals surface area (Å²) in [4.78, 5) is 36.1. The Kier molecular flexibility index (Phi) is 8.35. The van der Waals surface area contributed by atoms with Gasteiger partial charge in [0.05, 0.1) is 30.7 Å². The number of aliphatic hydroxyl groups excluding tert-OH is 3. The number of nitrogen functional groups attached to an aromatic ring is 1. The number of nitrogens with two attached hydrogens (primary N) is 1. The number of carbonyl (C=O) groups is 1. The summed E-state index contributed by atoms with van der Waals surface area (Å²) in [6, 6.07) is -0.345. The largest absolute Gasteiger partial charge is 0.465 e. The van der Waals surface area contributed by atoms with Crippen LogP contribution in [0.2, 0.25) is 0 Å². The summed E-state index contributed by atoms with van der Waals surface area (Å²) in [6.07, 6.45) is 9.84. The fourth-order valence-corrected chi connectivity index (χ4v) is 11.8. The van der Waals surface area contributed by atoms with Gasteiger partial charge in [-0.1, -0.05) is 27.4 Å². The third kappa shape index (κ3) is 5.35. The lowest BCUT2D eigenvalue weighted by atomic mass is 9.44. The van der Waals surface area contributed by atoms with Crippen molar-refractivity contribution in [3.8, 4) is 0 Å². The third-order valence-electron chi connectivity index (χ3n) is 14.3. The first-order valence-electron chi connectivity index (χ1n) is 17.9. The highest BCUT2D eigenvalue weighted by Crippen LogP contribution is 2.68. The van der Waals surface area contributed by atoms with E-state index in [1.54, 1.807) is 4.57 Å². The molecule has 0 spiro atoms. The number of imidazole rings is 1. The highest BCUT2D eigenvalue weighted by molar-refractivity contribution is 5.71. The molecule has 11 heteroatoms. The lowest BCUT2D eigenvalue weighted by molar-refractivity contribution is -0.172. The molecule has 5 aliphatic rings. The minimum absolute atomic E-state index is 0.0100. The summed E-state index contributed by atoms with van der Waals surface area (Å²) in [6.45, 7) is 11.5. The minimum atomic E-state index is -0.754. The number of nitrogens with one attached hydrogen (secondary N) is 1. The van der Waals surface area contributed by atoms with E-state index in [9.17, 15) is 24.9 Å². The van der Waals surface area contributed by atoms with Crippen molar-refractivity contribution in [2.75, 3.05) is 12.3 Å². The van der Waals surface area contributed by atoms with Gasteiger partial charge in [0, 0.05) is 12.3 Å². The fourth-order valence-electron chi connectivity index (χ4n) is 11.8. The van der Waals surface area contributed by atoms with Crippen molar-refractivity contribution in [3.05, 3.63) is 28.8 Å². The second-order valence-electron chi connectivity index (χ2n) is 16.4. The summed E-state index contributed by atoms with van der Waals surface area (Å²) in [5.74, 6) is 2.18. The first kappa shape index (κ1) is 32.8. The van der Waals surface area contributed by atoms with E-state index in [4.69, 9.17) is 10.5 Å². The highest BCUT2D eigenvalue weighted by atomic mass is 16.5. The first-order valence-corrected chi connectivity index (χ1v) is 17.9. The van der Waals surface area contributed by atoms with E-state index in [2.05, 4.69) is 42.3 Å². The number of hydrogen-bond acceptors (Lipinski definition) is 9. The van der Waals surface area contributed by atoms with Crippen LogP contribution in [0.15, 0.2) is 23.3 Å². The van der Waals surface area contributed by atoms with E-state index in [0.717, 1.165) is 32.1 Å². The van der Waals surface area contributed by atoms with Crippen LogP contribution in [-0.4, -0.2) is 65.7 Å². The van der Waals surface area contributed by atoms with Crippen molar-refractivity contribution in [1.29, 1.82) is 0 Å². The Labute approximate surface area is 276 Å². The maximum atomic E-state index is 13.0. The van der Waals surface area contributed by atoms with E-state index in [1.165, 1.54) is 32.0 Å². The molecule has 2 aromatic rings. The van der Waals surface area contributed by atoms with Gasteiger partial charge in [0.2, 0.25) is 5.95 Å². The van der Waals surface area contributed by atoms with Crippen LogP contribution >= 0.6 is 0 Å². The molecule has 3 unspecified atom stereocenters. The number of carbonyl (C=O) groups excluding carboxylic acids is 1. The molecule has 0 bridgehead atoms. The molecular formula is C36H53N5O6. The van der Waals surface area contributed by atoms with Crippen LogP contribution in [-0.2, 0) is 9.53 Å². The van der Waals surface area contributed by atoms with Gasteiger partial charge in [-0.2, -0.15) is 4.98 Å². The van der Waals surface area contributed by atoms with Crippen LogP contribution in [0, 0.1) is 52.3 Å². The number of rotatable bonds is 7. The molecule has 47 heavy (non-hydrogen) atoms. The molecule has 7 rings (SSSR count). The molecule has 0 aliphatic heterocycles. The molecule has 2 heterocycles. The molecule has 0 amide bonds. The second-order valence-corrected chi connectivity index (χ2v) is 16.4. The molecule has 13 atom stereocenters. The van der Waals surface area contributed by atoms with Crippen molar-refractivity contribution in [1.82, 2.24) is 19.5 Å². The zero-order chi connectivity index (χ0) is 33.4. The molecule has 0 aromatic carbocycles. The summed E-state index contributed by atoms with van der Waals surface area (Å²) in [5.41, 5.74) is 6.87. The zero-order valence-corrected chi connectivity index (χ0v) is 28.1. The number of esters is 1. The van der Waals surface area contributed by atoms with Gasteiger partial charge in [-0.05, 0) is 116 Å². The molecular weight excluding hydrogens is 598 g/mol. The third-order valence-corrected chi connectivity index (χ3v) is 14.3. The van der Waals surface area contributed by atoms with Crippen LogP contribution in [0.25, 0.3) is 11.2 Å². The van der Waals surface area contributed by atoms with Crippen LogP contribution in [0.3, 0.4) is 0 Å².